The van der Waals surface area contributed by atoms with Gasteiger partial charge in [0, 0.05) is 0 Å². The molecule has 0 aliphatic carbocycles. The number of methoxy groups -OCH3 is 1. The van der Waals surface area contributed by atoms with Crippen molar-refractivity contribution in [1.29, 1.82) is 0 Å². The summed E-state index contributed by atoms with van der Waals surface area (Å²) in [5, 5.41) is 0. The fourth-order valence-corrected chi connectivity index (χ4v) is 2.47. The van der Waals surface area contributed by atoms with Crippen molar-refractivity contribution in [2.75, 3.05) is 13.7 Å². The molecule has 0 heterocycles. The Morgan fingerprint density at radius 3 is 2.37 bits per heavy atom. The monoisotopic (exact) mass is 288 g/mol. The molecule has 0 saturated heterocycles. The van der Waals surface area contributed by atoms with Crippen molar-refractivity contribution < 1.29 is 27.1 Å². The smallest absolute Gasteiger partial charge is 0.353 e. The Morgan fingerprint density at radius 1 is 1.32 bits per heavy atom. The lowest BCUT2D eigenvalue weighted by Crippen LogP contribution is -2.16. The van der Waals surface area contributed by atoms with E-state index in [-0.39, 0.29) is 11.5 Å². The van der Waals surface area contributed by atoms with E-state index in [0.29, 0.717) is 0 Å². The highest BCUT2D eigenvalue weighted by atomic mass is 32.2. The molecule has 0 aliphatic rings. The van der Waals surface area contributed by atoms with E-state index in [1.165, 1.54) is 0 Å². The van der Waals surface area contributed by atoms with Crippen molar-refractivity contribution in [3.8, 4) is 0 Å². The van der Waals surface area contributed by atoms with E-state index in [1.54, 1.807) is 6.92 Å². The van der Waals surface area contributed by atoms with Gasteiger partial charge in [-0.25, -0.2) is 17.6 Å². The van der Waals surface area contributed by atoms with E-state index >= 15 is 0 Å². The van der Waals surface area contributed by atoms with Crippen molar-refractivity contribution in [1.82, 2.24) is 0 Å². The average molecular weight is 288 g/mol. The summed E-state index contributed by atoms with van der Waals surface area (Å²) in [6.07, 6.45) is 0.824. The molecule has 19 heavy (non-hydrogen) atoms. The van der Waals surface area contributed by atoms with Crippen LogP contribution in [-0.4, -0.2) is 28.1 Å². The zero-order valence-electron chi connectivity index (χ0n) is 10.4. The van der Waals surface area contributed by atoms with Crippen LogP contribution < -0.4 is 0 Å². The molecule has 0 amide bonds. The van der Waals surface area contributed by atoms with Crippen molar-refractivity contribution in [2.24, 2.45) is 0 Å². The maximum absolute atomic E-state index is 12.8. The number of benzene rings is 1. The minimum atomic E-state index is -4.11. The second kappa shape index (κ2) is 6.33. The van der Waals surface area contributed by atoms with Crippen molar-refractivity contribution >= 4 is 15.8 Å². The Labute approximate surface area is 110 Å². The van der Waals surface area contributed by atoms with Crippen molar-refractivity contribution in [3.63, 3.8) is 0 Å². The van der Waals surface area contributed by atoms with Crippen LogP contribution >= 0.6 is 0 Å². The summed E-state index contributed by atoms with van der Waals surface area (Å²) in [6, 6.07) is 4.10. The molecule has 0 bridgehead atoms. The standard InChI is InChI=1S/C12H13FO5S/c1-3-18-8-11(12(14)17-2)19(15,16)10-6-4-9(13)5-7-10/h4-8H,3H2,1-2H3/b11-8+. The molecule has 0 unspecified atom stereocenters. The quantitative estimate of drug-likeness (QED) is 0.356. The third-order valence-electron chi connectivity index (χ3n) is 2.16. The molecule has 0 aliphatic heterocycles. The summed E-state index contributed by atoms with van der Waals surface area (Å²) in [7, 11) is -3.05. The number of carbonyl (C=O) groups is 1. The van der Waals surface area contributed by atoms with Crippen molar-refractivity contribution in [2.45, 2.75) is 11.8 Å². The number of rotatable bonds is 5. The molecule has 5 nitrogen and oxygen atoms in total. The zero-order valence-corrected chi connectivity index (χ0v) is 11.2. The van der Waals surface area contributed by atoms with Crippen LogP contribution in [0.25, 0.3) is 0 Å². The molecule has 0 aromatic heterocycles. The van der Waals surface area contributed by atoms with Gasteiger partial charge in [0.15, 0.2) is 4.91 Å². The van der Waals surface area contributed by atoms with Gasteiger partial charge in [-0.2, -0.15) is 0 Å². The molecule has 0 fully saturated rings. The number of hydrogen-bond donors (Lipinski definition) is 0. The van der Waals surface area contributed by atoms with E-state index in [0.717, 1.165) is 37.6 Å². The van der Waals surface area contributed by atoms with Gasteiger partial charge in [-0.3, -0.25) is 0 Å². The molecular weight excluding hydrogens is 275 g/mol. The molecule has 7 heteroatoms. The lowest BCUT2D eigenvalue weighted by atomic mass is 10.4. The molecule has 0 radical (unpaired) electrons. The first-order valence-corrected chi connectivity index (χ1v) is 6.82. The lowest BCUT2D eigenvalue weighted by Gasteiger charge is -2.07. The van der Waals surface area contributed by atoms with Crippen LogP contribution in [0.3, 0.4) is 0 Å². The summed E-state index contributed by atoms with van der Waals surface area (Å²) in [6.45, 7) is 1.83. The predicted octanol–water partition coefficient (Wildman–Crippen LogP) is 1.65. The average Bonchev–Trinajstić information content (AvgIpc) is 2.39. The van der Waals surface area contributed by atoms with Gasteiger partial charge in [0.1, 0.15) is 12.1 Å². The van der Waals surface area contributed by atoms with Crippen LogP contribution in [0.4, 0.5) is 4.39 Å². The lowest BCUT2D eigenvalue weighted by molar-refractivity contribution is -0.135. The maximum Gasteiger partial charge on any atom is 0.353 e. The van der Waals surface area contributed by atoms with Gasteiger partial charge in [-0.15, -0.1) is 0 Å². The normalized spacial score (nSPS) is 12.1. The van der Waals surface area contributed by atoms with E-state index in [1.807, 2.05) is 0 Å². The van der Waals surface area contributed by atoms with Crippen LogP contribution in [0, 0.1) is 5.82 Å². The summed E-state index contributed by atoms with van der Waals surface area (Å²) >= 11 is 0. The van der Waals surface area contributed by atoms with Gasteiger partial charge in [-0.1, -0.05) is 0 Å². The largest absolute Gasteiger partial charge is 0.500 e. The minimum absolute atomic E-state index is 0.194. The fourth-order valence-electron chi connectivity index (χ4n) is 1.22. The number of sulfone groups is 1. The van der Waals surface area contributed by atoms with E-state index < -0.39 is 26.5 Å². The minimum Gasteiger partial charge on any atom is -0.500 e. The molecule has 0 spiro atoms. The maximum atomic E-state index is 12.8. The van der Waals surface area contributed by atoms with Crippen LogP contribution in [0.1, 0.15) is 6.92 Å². The van der Waals surface area contributed by atoms with Gasteiger partial charge in [-0.05, 0) is 31.2 Å². The Bertz CT molecular complexity index is 575. The van der Waals surface area contributed by atoms with Gasteiger partial charge in [0.25, 0.3) is 0 Å². The number of hydrogen-bond acceptors (Lipinski definition) is 5. The predicted molar refractivity (Wildman–Crippen MR) is 65.3 cm³/mol. The number of carbonyl (C=O) groups excluding carboxylic acids is 1. The third-order valence-corrected chi connectivity index (χ3v) is 3.89. The van der Waals surface area contributed by atoms with Gasteiger partial charge in [0.05, 0.1) is 18.6 Å². The second-order valence-electron chi connectivity index (χ2n) is 3.39. The Balaban J connectivity index is 3.27. The van der Waals surface area contributed by atoms with Gasteiger partial charge in [0.2, 0.25) is 9.84 Å². The Hall–Kier alpha value is -1.89. The van der Waals surface area contributed by atoms with Crippen LogP contribution in [0.5, 0.6) is 0 Å². The molecule has 0 saturated carbocycles. The fraction of sp³-hybridized carbons (Fsp3) is 0.250. The van der Waals surface area contributed by atoms with Crippen LogP contribution in [-0.2, 0) is 24.1 Å². The third kappa shape index (κ3) is 3.54. The SMILES string of the molecule is CCO/C=C(\C(=O)OC)S(=O)(=O)c1ccc(F)cc1. The molecular formula is C12H13FO5S. The molecule has 0 atom stereocenters. The highest BCUT2D eigenvalue weighted by Gasteiger charge is 2.28. The van der Waals surface area contributed by atoms with Gasteiger partial charge < -0.3 is 9.47 Å². The van der Waals surface area contributed by atoms with Gasteiger partial charge >= 0.3 is 5.97 Å². The highest BCUT2D eigenvalue weighted by molar-refractivity contribution is 7.96. The zero-order chi connectivity index (χ0) is 14.5. The molecule has 1 rings (SSSR count). The highest BCUT2D eigenvalue weighted by Crippen LogP contribution is 2.20. The molecule has 0 N–H and O–H groups in total. The van der Waals surface area contributed by atoms with Crippen LogP contribution in [0.2, 0.25) is 0 Å². The Kier molecular flexibility index (Phi) is 5.05. The summed E-state index contributed by atoms with van der Waals surface area (Å²) in [5.74, 6) is -1.62. The van der Waals surface area contributed by atoms with Crippen molar-refractivity contribution in [3.05, 3.63) is 41.2 Å². The van der Waals surface area contributed by atoms with E-state index in [9.17, 15) is 17.6 Å². The first-order valence-electron chi connectivity index (χ1n) is 5.34. The van der Waals surface area contributed by atoms with E-state index in [4.69, 9.17) is 4.74 Å². The molecule has 1 aromatic carbocycles. The molecule has 1 aromatic rings. The number of esters is 1. The topological polar surface area (TPSA) is 69.7 Å². The second-order valence-corrected chi connectivity index (χ2v) is 5.30. The van der Waals surface area contributed by atoms with E-state index in [2.05, 4.69) is 4.74 Å². The first-order chi connectivity index (χ1) is 8.93. The molecule has 104 valence electrons. The number of halogens is 1. The summed E-state index contributed by atoms with van der Waals surface area (Å²) < 4.78 is 46.4. The number of ether oxygens (including phenoxy) is 2. The summed E-state index contributed by atoms with van der Waals surface area (Å²) in [5.41, 5.74) is 0. The Morgan fingerprint density at radius 2 is 1.89 bits per heavy atom. The summed E-state index contributed by atoms with van der Waals surface area (Å²) in [4.78, 5) is 10.6. The first kappa shape index (κ1) is 15.2. The van der Waals surface area contributed by atoms with Crippen LogP contribution in [0.15, 0.2) is 40.3 Å².